The Labute approximate surface area is 115 Å². The second kappa shape index (κ2) is 7.82. The van der Waals surface area contributed by atoms with Crippen LogP contribution >= 0.6 is 0 Å². The van der Waals surface area contributed by atoms with E-state index in [9.17, 15) is 4.79 Å². The van der Waals surface area contributed by atoms with Crippen molar-refractivity contribution in [2.24, 2.45) is 5.92 Å². The van der Waals surface area contributed by atoms with Crippen LogP contribution in [0.2, 0.25) is 0 Å². The van der Waals surface area contributed by atoms with Crippen molar-refractivity contribution in [2.45, 2.75) is 38.5 Å². The van der Waals surface area contributed by atoms with Gasteiger partial charge in [-0.15, -0.1) is 0 Å². The number of aryl methyl sites for hydroxylation is 1. The molecule has 0 atom stereocenters. The minimum absolute atomic E-state index is 0.271. The molecule has 1 aromatic rings. The molecule has 1 N–H and O–H groups in total. The summed E-state index contributed by atoms with van der Waals surface area (Å²) in [6, 6.07) is 10.3. The fourth-order valence-electron chi connectivity index (χ4n) is 2.30. The zero-order valence-corrected chi connectivity index (χ0v) is 11.4. The van der Waals surface area contributed by atoms with Gasteiger partial charge in [-0.2, -0.15) is 0 Å². The van der Waals surface area contributed by atoms with Crippen molar-refractivity contribution in [2.75, 3.05) is 13.2 Å². The first-order valence-corrected chi connectivity index (χ1v) is 7.29. The lowest BCUT2D eigenvalue weighted by Gasteiger charge is -2.24. The largest absolute Gasteiger partial charge is 0.450 e. The zero-order chi connectivity index (χ0) is 13.3. The number of amides is 1. The van der Waals surface area contributed by atoms with E-state index in [1.807, 2.05) is 18.2 Å². The van der Waals surface area contributed by atoms with E-state index in [4.69, 9.17) is 4.74 Å². The number of carbonyl (C=O) groups excluding carboxylic acids is 1. The normalized spacial score (nSPS) is 14.7. The number of nitrogens with one attached hydrogen (secondary N) is 1. The number of carbonyl (C=O) groups is 1. The summed E-state index contributed by atoms with van der Waals surface area (Å²) in [5.74, 6) is 0.832. The molecule has 3 nitrogen and oxygen atoms in total. The van der Waals surface area contributed by atoms with Crippen molar-refractivity contribution in [3.8, 4) is 0 Å². The molecular formula is C16H23NO2. The Hall–Kier alpha value is -1.51. The third-order valence-electron chi connectivity index (χ3n) is 3.73. The lowest BCUT2D eigenvalue weighted by molar-refractivity contribution is 0.143. The van der Waals surface area contributed by atoms with Gasteiger partial charge in [-0.25, -0.2) is 4.79 Å². The molecule has 0 saturated heterocycles. The molecule has 1 aliphatic carbocycles. The van der Waals surface area contributed by atoms with Crippen LogP contribution in [-0.4, -0.2) is 19.2 Å². The maximum absolute atomic E-state index is 11.4. The minimum Gasteiger partial charge on any atom is -0.450 e. The van der Waals surface area contributed by atoms with E-state index >= 15 is 0 Å². The number of alkyl carbamates (subject to hydrolysis) is 1. The first-order chi connectivity index (χ1) is 9.34. The van der Waals surface area contributed by atoms with Crippen LogP contribution in [0.3, 0.4) is 0 Å². The van der Waals surface area contributed by atoms with E-state index in [-0.39, 0.29) is 6.09 Å². The Morgan fingerprint density at radius 1 is 1.26 bits per heavy atom. The maximum atomic E-state index is 11.4. The molecule has 1 amide bonds. The minimum atomic E-state index is -0.271. The summed E-state index contributed by atoms with van der Waals surface area (Å²) in [6.07, 6.45) is 6.67. The Balaban J connectivity index is 1.47. The highest BCUT2D eigenvalue weighted by Gasteiger charge is 2.16. The van der Waals surface area contributed by atoms with E-state index < -0.39 is 0 Å². The summed E-state index contributed by atoms with van der Waals surface area (Å²) >= 11 is 0. The molecular weight excluding hydrogens is 238 g/mol. The molecule has 1 aromatic carbocycles. The van der Waals surface area contributed by atoms with Gasteiger partial charge in [0.25, 0.3) is 0 Å². The van der Waals surface area contributed by atoms with Crippen LogP contribution < -0.4 is 5.32 Å². The molecule has 2 rings (SSSR count). The second-order valence-corrected chi connectivity index (χ2v) is 5.24. The van der Waals surface area contributed by atoms with Gasteiger partial charge in [-0.1, -0.05) is 49.6 Å². The molecule has 19 heavy (non-hydrogen) atoms. The van der Waals surface area contributed by atoms with Crippen LogP contribution in [0.4, 0.5) is 4.79 Å². The molecule has 0 unspecified atom stereocenters. The predicted molar refractivity (Wildman–Crippen MR) is 76.1 cm³/mol. The summed E-state index contributed by atoms with van der Waals surface area (Å²) in [5.41, 5.74) is 1.29. The van der Waals surface area contributed by atoms with Gasteiger partial charge >= 0.3 is 6.09 Å². The molecule has 1 fully saturated rings. The summed E-state index contributed by atoms with van der Waals surface area (Å²) in [6.45, 7) is 1.24. The van der Waals surface area contributed by atoms with Crippen LogP contribution in [0, 0.1) is 5.92 Å². The predicted octanol–water partition coefficient (Wildman–Crippen LogP) is 3.54. The van der Waals surface area contributed by atoms with Gasteiger partial charge in [-0.05, 0) is 30.7 Å². The highest BCUT2D eigenvalue weighted by Crippen LogP contribution is 2.28. The van der Waals surface area contributed by atoms with Crippen LogP contribution in [0.1, 0.15) is 37.7 Å². The summed E-state index contributed by atoms with van der Waals surface area (Å²) in [4.78, 5) is 11.4. The monoisotopic (exact) mass is 261 g/mol. The fraction of sp³-hybridized carbons (Fsp3) is 0.562. The average molecular weight is 261 g/mol. The lowest BCUT2D eigenvalue weighted by atomic mass is 9.83. The van der Waals surface area contributed by atoms with Gasteiger partial charge in [0.1, 0.15) is 0 Å². The van der Waals surface area contributed by atoms with Gasteiger partial charge in [0.15, 0.2) is 0 Å². The fourth-order valence-corrected chi connectivity index (χ4v) is 2.30. The second-order valence-electron chi connectivity index (χ2n) is 5.24. The molecule has 0 bridgehead atoms. The van der Waals surface area contributed by atoms with Crippen LogP contribution in [-0.2, 0) is 11.2 Å². The summed E-state index contributed by atoms with van der Waals surface area (Å²) in [7, 11) is 0. The van der Waals surface area contributed by atoms with E-state index in [0.717, 1.165) is 31.7 Å². The van der Waals surface area contributed by atoms with Gasteiger partial charge in [0.05, 0.1) is 6.61 Å². The third-order valence-corrected chi connectivity index (χ3v) is 3.73. The van der Waals surface area contributed by atoms with Crippen LogP contribution in [0.15, 0.2) is 30.3 Å². The highest BCUT2D eigenvalue weighted by molar-refractivity contribution is 5.66. The van der Waals surface area contributed by atoms with Gasteiger partial charge < -0.3 is 10.1 Å². The highest BCUT2D eigenvalue weighted by atomic mass is 16.5. The average Bonchev–Trinajstić information content (AvgIpc) is 2.39. The molecule has 0 radical (unpaired) electrons. The third kappa shape index (κ3) is 5.33. The number of hydrogen-bond donors (Lipinski definition) is 1. The Bertz CT molecular complexity index is 374. The van der Waals surface area contributed by atoms with Crippen molar-refractivity contribution >= 4 is 6.09 Å². The molecule has 104 valence electrons. The molecule has 3 heteroatoms. The zero-order valence-electron chi connectivity index (χ0n) is 11.4. The van der Waals surface area contributed by atoms with Crippen LogP contribution in [0.5, 0.6) is 0 Å². The van der Waals surface area contributed by atoms with Gasteiger partial charge in [0, 0.05) is 6.54 Å². The van der Waals surface area contributed by atoms with Gasteiger partial charge in [-0.3, -0.25) is 0 Å². The standard InChI is InChI=1S/C16H23NO2/c18-16(17-12-11-15-8-4-9-15)19-13-5-10-14-6-2-1-3-7-14/h1-3,6-7,15H,4-5,8-13H2,(H,17,18). The number of benzene rings is 1. The van der Waals surface area contributed by atoms with Crippen molar-refractivity contribution in [1.29, 1.82) is 0 Å². The molecule has 0 aromatic heterocycles. The topological polar surface area (TPSA) is 38.3 Å². The number of ether oxygens (including phenoxy) is 1. The Morgan fingerprint density at radius 3 is 2.74 bits per heavy atom. The van der Waals surface area contributed by atoms with E-state index in [2.05, 4.69) is 17.4 Å². The smallest absolute Gasteiger partial charge is 0.407 e. The Morgan fingerprint density at radius 2 is 2.05 bits per heavy atom. The quantitative estimate of drug-likeness (QED) is 0.762. The van der Waals surface area contributed by atoms with Crippen molar-refractivity contribution in [3.05, 3.63) is 35.9 Å². The SMILES string of the molecule is O=C(NCCC1CCC1)OCCCc1ccccc1. The molecule has 0 spiro atoms. The molecule has 0 heterocycles. The van der Waals surface area contributed by atoms with Crippen molar-refractivity contribution in [1.82, 2.24) is 5.32 Å². The summed E-state index contributed by atoms with van der Waals surface area (Å²) < 4.78 is 5.15. The summed E-state index contributed by atoms with van der Waals surface area (Å²) in [5, 5.41) is 2.82. The lowest BCUT2D eigenvalue weighted by Crippen LogP contribution is -2.28. The van der Waals surface area contributed by atoms with Gasteiger partial charge in [0.2, 0.25) is 0 Å². The first kappa shape index (κ1) is 13.9. The molecule has 0 aliphatic heterocycles. The number of hydrogen-bond acceptors (Lipinski definition) is 2. The molecule has 1 saturated carbocycles. The van der Waals surface area contributed by atoms with Crippen molar-refractivity contribution in [3.63, 3.8) is 0 Å². The van der Waals surface area contributed by atoms with Crippen molar-refractivity contribution < 1.29 is 9.53 Å². The van der Waals surface area contributed by atoms with E-state index in [1.54, 1.807) is 0 Å². The van der Waals surface area contributed by atoms with E-state index in [1.165, 1.54) is 24.8 Å². The first-order valence-electron chi connectivity index (χ1n) is 7.29. The van der Waals surface area contributed by atoms with Crippen LogP contribution in [0.25, 0.3) is 0 Å². The van der Waals surface area contributed by atoms with E-state index in [0.29, 0.717) is 6.61 Å². The Kier molecular flexibility index (Phi) is 5.73. The maximum Gasteiger partial charge on any atom is 0.407 e. The number of rotatable bonds is 7. The molecule has 1 aliphatic rings.